The molecular weight excluding hydrogens is 276 g/mol. The van der Waals surface area contributed by atoms with Crippen molar-refractivity contribution in [2.24, 2.45) is 0 Å². The zero-order valence-corrected chi connectivity index (χ0v) is 12.7. The third kappa shape index (κ3) is 2.64. The fraction of sp³-hybridized carbons (Fsp3) is 0.692. The molecule has 0 atom stereocenters. The van der Waals surface area contributed by atoms with Gasteiger partial charge in [-0.1, -0.05) is 0 Å². The lowest BCUT2D eigenvalue weighted by Crippen LogP contribution is -2.49. The third-order valence-electron chi connectivity index (χ3n) is 3.82. The normalized spacial score (nSPS) is 21.2. The summed E-state index contributed by atoms with van der Waals surface area (Å²) in [6.45, 7) is 6.34. The maximum absolute atomic E-state index is 12.2. The first-order valence-corrected chi connectivity index (χ1v) is 8.53. The lowest BCUT2D eigenvalue weighted by molar-refractivity contribution is 0.383. The smallest absolute Gasteiger partial charge is 0.217 e. The van der Waals surface area contributed by atoms with E-state index in [2.05, 4.69) is 14.9 Å². The Balaban J connectivity index is 1.69. The Hall–Kier alpha value is -1.21. The van der Waals surface area contributed by atoms with Gasteiger partial charge in [-0.2, -0.15) is 4.31 Å². The number of sulfonamides is 1. The second-order valence-corrected chi connectivity index (χ2v) is 7.76. The number of piperazine rings is 1. The number of rotatable bonds is 3. The van der Waals surface area contributed by atoms with Crippen LogP contribution in [0.2, 0.25) is 0 Å². The van der Waals surface area contributed by atoms with E-state index in [1.807, 2.05) is 19.9 Å². The molecule has 3 rings (SSSR count). The molecule has 20 heavy (non-hydrogen) atoms. The van der Waals surface area contributed by atoms with Crippen LogP contribution >= 0.6 is 0 Å². The van der Waals surface area contributed by atoms with E-state index in [1.54, 1.807) is 4.31 Å². The number of anilines is 1. The van der Waals surface area contributed by atoms with Crippen LogP contribution in [0, 0.1) is 13.8 Å². The molecule has 6 nitrogen and oxygen atoms in total. The molecule has 1 aliphatic carbocycles. The first-order valence-electron chi connectivity index (χ1n) is 7.03. The van der Waals surface area contributed by atoms with E-state index in [1.165, 1.54) is 0 Å². The molecule has 1 saturated heterocycles. The van der Waals surface area contributed by atoms with Crippen LogP contribution in [0.3, 0.4) is 0 Å². The van der Waals surface area contributed by atoms with Gasteiger partial charge in [0.1, 0.15) is 11.6 Å². The van der Waals surface area contributed by atoms with Crippen LogP contribution in [0.4, 0.5) is 5.82 Å². The molecule has 0 spiro atoms. The highest BCUT2D eigenvalue weighted by atomic mass is 32.2. The van der Waals surface area contributed by atoms with Crippen molar-refractivity contribution in [1.82, 2.24) is 14.3 Å². The van der Waals surface area contributed by atoms with Gasteiger partial charge < -0.3 is 4.90 Å². The van der Waals surface area contributed by atoms with Crippen LogP contribution in [-0.4, -0.2) is 54.1 Å². The Morgan fingerprint density at radius 1 is 1.10 bits per heavy atom. The molecule has 1 aromatic heterocycles. The highest BCUT2D eigenvalue weighted by Gasteiger charge is 2.41. The SMILES string of the molecule is Cc1cc(N2CCN(S(=O)(=O)C3CC3)CC2)nc(C)n1. The molecule has 2 aliphatic rings. The van der Waals surface area contributed by atoms with Crippen LogP contribution in [0.15, 0.2) is 6.07 Å². The topological polar surface area (TPSA) is 66.4 Å². The summed E-state index contributed by atoms with van der Waals surface area (Å²) in [5.74, 6) is 1.66. The summed E-state index contributed by atoms with van der Waals surface area (Å²) in [5, 5.41) is -0.113. The van der Waals surface area contributed by atoms with Gasteiger partial charge in [0.15, 0.2) is 0 Å². The van der Waals surface area contributed by atoms with Gasteiger partial charge in [-0.15, -0.1) is 0 Å². The number of aryl methyl sites for hydroxylation is 2. The van der Waals surface area contributed by atoms with Crippen LogP contribution in [0.25, 0.3) is 0 Å². The zero-order chi connectivity index (χ0) is 14.3. The second-order valence-electron chi connectivity index (χ2n) is 5.55. The van der Waals surface area contributed by atoms with Gasteiger partial charge in [0, 0.05) is 37.9 Å². The summed E-state index contributed by atoms with van der Waals surface area (Å²) in [6.07, 6.45) is 1.65. The number of hydrogen-bond donors (Lipinski definition) is 0. The van der Waals surface area contributed by atoms with E-state index < -0.39 is 10.0 Å². The van der Waals surface area contributed by atoms with E-state index in [-0.39, 0.29) is 5.25 Å². The van der Waals surface area contributed by atoms with Gasteiger partial charge in [0.2, 0.25) is 10.0 Å². The Morgan fingerprint density at radius 2 is 1.75 bits per heavy atom. The summed E-state index contributed by atoms with van der Waals surface area (Å²) in [7, 11) is -3.04. The number of aromatic nitrogens is 2. The van der Waals surface area contributed by atoms with Gasteiger partial charge in [-0.25, -0.2) is 18.4 Å². The summed E-state index contributed by atoms with van der Waals surface area (Å²) in [6, 6.07) is 1.96. The highest BCUT2D eigenvalue weighted by Crippen LogP contribution is 2.31. The molecule has 7 heteroatoms. The van der Waals surface area contributed by atoms with Crippen LogP contribution in [0.5, 0.6) is 0 Å². The highest BCUT2D eigenvalue weighted by molar-refractivity contribution is 7.90. The monoisotopic (exact) mass is 296 g/mol. The van der Waals surface area contributed by atoms with Crippen molar-refractivity contribution < 1.29 is 8.42 Å². The van der Waals surface area contributed by atoms with Crippen molar-refractivity contribution in [1.29, 1.82) is 0 Å². The Bertz CT molecular complexity index is 585. The fourth-order valence-electron chi connectivity index (χ4n) is 2.61. The molecule has 2 fully saturated rings. The van der Waals surface area contributed by atoms with Crippen molar-refractivity contribution in [3.8, 4) is 0 Å². The van der Waals surface area contributed by atoms with E-state index in [0.29, 0.717) is 26.2 Å². The molecule has 0 unspecified atom stereocenters. The Labute approximate surface area is 119 Å². The Kier molecular flexibility index (Phi) is 3.41. The Morgan fingerprint density at radius 3 is 2.30 bits per heavy atom. The lowest BCUT2D eigenvalue weighted by Gasteiger charge is -2.34. The van der Waals surface area contributed by atoms with Gasteiger partial charge in [0.05, 0.1) is 5.25 Å². The standard InChI is InChI=1S/C13H20N4O2S/c1-10-9-13(15-11(2)14-10)16-5-7-17(8-6-16)20(18,19)12-3-4-12/h9,12H,3-8H2,1-2H3. The molecule has 0 aromatic carbocycles. The molecule has 1 aromatic rings. The maximum atomic E-state index is 12.2. The van der Waals surface area contributed by atoms with Crippen LogP contribution in [-0.2, 0) is 10.0 Å². The van der Waals surface area contributed by atoms with Gasteiger partial charge in [0.25, 0.3) is 0 Å². The average molecular weight is 296 g/mol. The first-order chi connectivity index (χ1) is 9.46. The molecule has 110 valence electrons. The molecule has 0 bridgehead atoms. The van der Waals surface area contributed by atoms with Crippen molar-refractivity contribution in [2.75, 3.05) is 31.1 Å². The average Bonchev–Trinajstić information content (AvgIpc) is 3.22. The predicted molar refractivity (Wildman–Crippen MR) is 77.2 cm³/mol. The molecule has 0 N–H and O–H groups in total. The van der Waals surface area contributed by atoms with E-state index in [4.69, 9.17) is 0 Å². The minimum Gasteiger partial charge on any atom is -0.354 e. The summed E-state index contributed by atoms with van der Waals surface area (Å²) < 4.78 is 26.0. The largest absolute Gasteiger partial charge is 0.354 e. The summed E-state index contributed by atoms with van der Waals surface area (Å²) in [4.78, 5) is 10.8. The van der Waals surface area contributed by atoms with E-state index in [9.17, 15) is 8.42 Å². The van der Waals surface area contributed by atoms with Gasteiger partial charge in [-0.05, 0) is 26.7 Å². The van der Waals surface area contributed by atoms with E-state index in [0.717, 1.165) is 30.2 Å². The van der Waals surface area contributed by atoms with Gasteiger partial charge >= 0.3 is 0 Å². The molecule has 2 heterocycles. The summed E-state index contributed by atoms with van der Waals surface area (Å²) >= 11 is 0. The number of nitrogens with zero attached hydrogens (tertiary/aromatic N) is 4. The molecular formula is C13H20N4O2S. The van der Waals surface area contributed by atoms with E-state index >= 15 is 0 Å². The van der Waals surface area contributed by atoms with Crippen LogP contribution < -0.4 is 4.90 Å². The zero-order valence-electron chi connectivity index (χ0n) is 11.9. The predicted octanol–water partition coefficient (Wildman–Crippen LogP) is 0.708. The van der Waals surface area contributed by atoms with Crippen LogP contribution in [0.1, 0.15) is 24.4 Å². The fourth-order valence-corrected chi connectivity index (χ4v) is 4.43. The minimum absolute atomic E-state index is 0.113. The van der Waals surface area contributed by atoms with Crippen molar-refractivity contribution in [2.45, 2.75) is 31.9 Å². The summed E-state index contributed by atoms with van der Waals surface area (Å²) in [5.41, 5.74) is 0.945. The van der Waals surface area contributed by atoms with Crippen molar-refractivity contribution >= 4 is 15.8 Å². The third-order valence-corrected chi connectivity index (χ3v) is 6.22. The minimum atomic E-state index is -3.04. The molecule has 1 saturated carbocycles. The van der Waals surface area contributed by atoms with Crippen molar-refractivity contribution in [3.63, 3.8) is 0 Å². The second kappa shape index (κ2) is 4.96. The van der Waals surface area contributed by atoms with Crippen molar-refractivity contribution in [3.05, 3.63) is 17.6 Å². The lowest BCUT2D eigenvalue weighted by atomic mass is 10.3. The number of hydrogen-bond acceptors (Lipinski definition) is 5. The molecule has 1 aliphatic heterocycles. The molecule has 0 amide bonds. The molecule has 0 radical (unpaired) electrons. The maximum Gasteiger partial charge on any atom is 0.217 e. The quantitative estimate of drug-likeness (QED) is 0.822. The van der Waals surface area contributed by atoms with Gasteiger partial charge in [-0.3, -0.25) is 0 Å². The first kappa shape index (κ1) is 13.8.